The van der Waals surface area contributed by atoms with Crippen molar-refractivity contribution >= 4 is 28.7 Å². The highest BCUT2D eigenvalue weighted by atomic mass is 16.5. The van der Waals surface area contributed by atoms with Crippen LogP contribution in [0.25, 0.3) is 10.9 Å². The van der Waals surface area contributed by atoms with E-state index < -0.39 is 0 Å². The Morgan fingerprint density at radius 2 is 1.56 bits per heavy atom. The average molecular weight is 456 g/mol. The number of fused-ring (bicyclic) bond motifs is 2. The van der Waals surface area contributed by atoms with Crippen molar-refractivity contribution in [3.8, 4) is 5.75 Å². The minimum atomic E-state index is -0.377. The lowest BCUT2D eigenvalue weighted by Crippen LogP contribution is -2.19. The van der Waals surface area contributed by atoms with Crippen molar-refractivity contribution in [3.05, 3.63) is 101 Å². The van der Waals surface area contributed by atoms with Gasteiger partial charge in [-0.2, -0.15) is 0 Å². The number of imide groups is 1. The minimum absolute atomic E-state index is 0.148. The topological polar surface area (TPSA) is 108 Å². The van der Waals surface area contributed by atoms with Crippen LogP contribution in [0.2, 0.25) is 0 Å². The first-order chi connectivity index (χ1) is 16.5. The standard InChI is InChI=1S/C19H19NO3.C8H5NO2/c1-13(12-21)10-15-11-20-18-16(15)8-5-9-17(18)23-19(22)14-6-3-2-4-7-14;10-7-5-3-1-2-4-6(5)8(11)9-7/h2-9,11,13,20-21H,10,12H2,1H3;1-4H,(H,9,10,11)/t13-;/m0./s1. The maximum atomic E-state index is 12.2. The van der Waals surface area contributed by atoms with Gasteiger partial charge in [0.25, 0.3) is 11.8 Å². The third-order valence-electron chi connectivity index (χ3n) is 5.50. The van der Waals surface area contributed by atoms with Crippen LogP contribution in [0.4, 0.5) is 0 Å². The SMILES string of the molecule is C[C@H](CO)Cc1c[nH]c2c(OC(=O)c3ccccc3)cccc12.O=C1NC(=O)c2ccccc21. The van der Waals surface area contributed by atoms with Gasteiger partial charge in [-0.1, -0.05) is 49.4 Å². The van der Waals surface area contributed by atoms with Crippen LogP contribution in [0.15, 0.2) is 79.0 Å². The molecule has 3 N–H and O–H groups in total. The molecule has 0 bridgehead atoms. The maximum absolute atomic E-state index is 12.2. The summed E-state index contributed by atoms with van der Waals surface area (Å²) in [5.41, 5.74) is 3.37. The largest absolute Gasteiger partial charge is 0.421 e. The van der Waals surface area contributed by atoms with E-state index >= 15 is 0 Å². The molecular formula is C27H24N2O5. The second-order valence-corrected chi connectivity index (χ2v) is 8.07. The molecule has 4 aromatic rings. The van der Waals surface area contributed by atoms with E-state index in [9.17, 15) is 19.5 Å². The zero-order valence-electron chi connectivity index (χ0n) is 18.6. The molecule has 0 fully saturated rings. The van der Waals surface area contributed by atoms with Crippen molar-refractivity contribution in [2.24, 2.45) is 5.92 Å². The van der Waals surface area contributed by atoms with Crippen LogP contribution in [0, 0.1) is 5.92 Å². The molecular weight excluding hydrogens is 432 g/mol. The molecule has 0 spiro atoms. The molecule has 34 heavy (non-hydrogen) atoms. The number of hydrogen-bond donors (Lipinski definition) is 3. The molecule has 172 valence electrons. The van der Waals surface area contributed by atoms with Crippen molar-refractivity contribution in [2.75, 3.05) is 6.61 Å². The fourth-order valence-electron chi connectivity index (χ4n) is 3.73. The van der Waals surface area contributed by atoms with Crippen LogP contribution < -0.4 is 10.1 Å². The Kier molecular flexibility index (Phi) is 6.85. The van der Waals surface area contributed by atoms with Gasteiger partial charge in [-0.05, 0) is 48.2 Å². The van der Waals surface area contributed by atoms with Gasteiger partial charge in [-0.15, -0.1) is 0 Å². The zero-order valence-corrected chi connectivity index (χ0v) is 18.6. The van der Waals surface area contributed by atoms with E-state index in [-0.39, 0.29) is 30.3 Å². The second-order valence-electron chi connectivity index (χ2n) is 8.07. The Balaban J connectivity index is 0.000000207. The third kappa shape index (κ3) is 4.89. The fourth-order valence-corrected chi connectivity index (χ4v) is 3.73. The summed E-state index contributed by atoms with van der Waals surface area (Å²) in [7, 11) is 0. The Hall–Kier alpha value is -4.23. The number of aliphatic hydroxyl groups excluding tert-OH is 1. The number of aromatic amines is 1. The summed E-state index contributed by atoms with van der Waals surface area (Å²) in [5, 5.41) is 12.4. The number of aliphatic hydroxyl groups is 1. The quantitative estimate of drug-likeness (QED) is 0.238. The maximum Gasteiger partial charge on any atom is 0.343 e. The van der Waals surface area contributed by atoms with Gasteiger partial charge in [-0.3, -0.25) is 14.9 Å². The van der Waals surface area contributed by atoms with Gasteiger partial charge in [0.1, 0.15) is 0 Å². The van der Waals surface area contributed by atoms with Crippen LogP contribution in [0.5, 0.6) is 5.75 Å². The average Bonchev–Trinajstić information content (AvgIpc) is 3.41. The van der Waals surface area contributed by atoms with Crippen molar-refractivity contribution in [3.63, 3.8) is 0 Å². The first-order valence-corrected chi connectivity index (χ1v) is 10.9. The number of rotatable bonds is 5. The molecule has 3 aromatic carbocycles. The second kappa shape index (κ2) is 10.1. The number of amides is 2. The van der Waals surface area contributed by atoms with E-state index in [0.29, 0.717) is 22.4 Å². The van der Waals surface area contributed by atoms with Crippen LogP contribution in [0.1, 0.15) is 43.6 Å². The van der Waals surface area contributed by atoms with Crippen molar-refractivity contribution in [1.82, 2.24) is 10.3 Å². The third-order valence-corrected chi connectivity index (χ3v) is 5.50. The highest BCUT2D eigenvalue weighted by Crippen LogP contribution is 2.29. The summed E-state index contributed by atoms with van der Waals surface area (Å²) >= 11 is 0. The predicted octanol–water partition coefficient (Wildman–Crippen LogP) is 4.13. The molecule has 1 aliphatic heterocycles. The molecule has 1 aromatic heterocycles. The van der Waals surface area contributed by atoms with Crippen molar-refractivity contribution in [1.29, 1.82) is 0 Å². The fraction of sp³-hybridized carbons (Fsp3) is 0.148. The number of aromatic nitrogens is 1. The number of nitrogens with one attached hydrogen (secondary N) is 2. The first-order valence-electron chi connectivity index (χ1n) is 10.9. The number of hydrogen-bond acceptors (Lipinski definition) is 5. The van der Waals surface area contributed by atoms with Crippen molar-refractivity contribution in [2.45, 2.75) is 13.3 Å². The van der Waals surface area contributed by atoms with Gasteiger partial charge >= 0.3 is 5.97 Å². The Morgan fingerprint density at radius 1 is 0.912 bits per heavy atom. The molecule has 0 unspecified atom stereocenters. The van der Waals surface area contributed by atoms with Gasteiger partial charge < -0.3 is 14.8 Å². The number of ether oxygens (including phenoxy) is 1. The highest BCUT2D eigenvalue weighted by Gasteiger charge is 2.25. The highest BCUT2D eigenvalue weighted by molar-refractivity contribution is 6.21. The van der Waals surface area contributed by atoms with E-state index in [4.69, 9.17) is 4.74 Å². The Morgan fingerprint density at radius 3 is 2.21 bits per heavy atom. The molecule has 7 heteroatoms. The molecule has 0 saturated heterocycles. The first kappa shape index (κ1) is 22.9. The molecule has 1 atom stereocenters. The molecule has 5 rings (SSSR count). The smallest absolute Gasteiger partial charge is 0.343 e. The summed E-state index contributed by atoms with van der Waals surface area (Å²) in [6.45, 7) is 2.15. The normalized spacial score (nSPS) is 13.0. The van der Waals surface area contributed by atoms with E-state index in [1.807, 2.05) is 31.3 Å². The summed E-state index contributed by atoms with van der Waals surface area (Å²) in [6, 6.07) is 21.3. The molecule has 2 amide bonds. The van der Waals surface area contributed by atoms with Gasteiger partial charge in [0.05, 0.1) is 22.2 Å². The predicted molar refractivity (Wildman–Crippen MR) is 128 cm³/mol. The van der Waals surface area contributed by atoms with Crippen LogP contribution in [0.3, 0.4) is 0 Å². The monoisotopic (exact) mass is 456 g/mol. The van der Waals surface area contributed by atoms with Gasteiger partial charge in [0.2, 0.25) is 0 Å². The summed E-state index contributed by atoms with van der Waals surface area (Å²) in [5.74, 6) is -0.280. The number of carbonyl (C=O) groups excluding carboxylic acids is 3. The zero-order chi connectivity index (χ0) is 24.1. The van der Waals surface area contributed by atoms with Gasteiger partial charge in [0, 0.05) is 18.2 Å². The molecule has 0 aliphatic carbocycles. The van der Waals surface area contributed by atoms with Crippen molar-refractivity contribution < 1.29 is 24.2 Å². The van der Waals surface area contributed by atoms with E-state index in [0.717, 1.165) is 22.9 Å². The van der Waals surface area contributed by atoms with E-state index in [2.05, 4.69) is 10.3 Å². The van der Waals surface area contributed by atoms with Gasteiger partial charge in [-0.25, -0.2) is 4.79 Å². The summed E-state index contributed by atoms with van der Waals surface area (Å²) in [6.07, 6.45) is 2.68. The molecule has 0 saturated carbocycles. The number of carbonyl (C=O) groups is 3. The Labute approximate surface area is 196 Å². The number of benzene rings is 3. The molecule has 1 aliphatic rings. The lowest BCUT2D eigenvalue weighted by atomic mass is 10.0. The Bertz CT molecular complexity index is 1310. The summed E-state index contributed by atoms with van der Waals surface area (Å²) in [4.78, 5) is 37.3. The molecule has 0 radical (unpaired) electrons. The molecule has 7 nitrogen and oxygen atoms in total. The number of H-pyrrole nitrogens is 1. The lowest BCUT2D eigenvalue weighted by Gasteiger charge is -2.08. The summed E-state index contributed by atoms with van der Waals surface area (Å²) < 4.78 is 5.54. The van der Waals surface area contributed by atoms with E-state index in [1.54, 1.807) is 54.6 Å². The lowest BCUT2D eigenvalue weighted by molar-refractivity contribution is 0.0735. The number of esters is 1. The van der Waals surface area contributed by atoms with Gasteiger partial charge in [0.15, 0.2) is 5.75 Å². The number of para-hydroxylation sites is 1. The van der Waals surface area contributed by atoms with E-state index in [1.165, 1.54) is 0 Å². The van der Waals surface area contributed by atoms with Crippen LogP contribution in [-0.2, 0) is 6.42 Å². The minimum Gasteiger partial charge on any atom is -0.421 e. The molecule has 2 heterocycles. The van der Waals surface area contributed by atoms with Crippen LogP contribution in [-0.4, -0.2) is 34.5 Å². The van der Waals surface area contributed by atoms with Crippen LogP contribution >= 0.6 is 0 Å².